The topological polar surface area (TPSA) is 68.0 Å². The van der Waals surface area contributed by atoms with Crippen LogP contribution in [0.5, 0.6) is 0 Å². The number of pyridine rings is 1. The highest BCUT2D eigenvalue weighted by Gasteiger charge is 2.57. The number of nitrogen functional groups attached to an aromatic ring is 1. The summed E-state index contributed by atoms with van der Waals surface area (Å²) in [5.41, 5.74) is 6.63. The maximum atomic E-state index is 12.4. The summed E-state index contributed by atoms with van der Waals surface area (Å²) in [7, 11) is 0. The number of piperidine rings is 1. The van der Waals surface area contributed by atoms with Crippen LogP contribution in [-0.4, -0.2) is 23.9 Å². The van der Waals surface area contributed by atoms with Gasteiger partial charge in [-0.25, -0.2) is 4.98 Å². The van der Waals surface area contributed by atoms with E-state index in [0.29, 0.717) is 11.4 Å². The van der Waals surface area contributed by atoms with Crippen molar-refractivity contribution in [2.75, 3.05) is 18.8 Å². The van der Waals surface area contributed by atoms with E-state index in [4.69, 9.17) is 5.73 Å². The van der Waals surface area contributed by atoms with Crippen LogP contribution in [0.1, 0.15) is 29.6 Å². The maximum Gasteiger partial charge on any atom is 0.170 e. The van der Waals surface area contributed by atoms with Crippen LogP contribution < -0.4 is 11.1 Å². The van der Waals surface area contributed by atoms with Gasteiger partial charge >= 0.3 is 0 Å². The summed E-state index contributed by atoms with van der Waals surface area (Å²) < 4.78 is 0. The SMILES string of the molecule is Nc1ncccc1C(=O)C1CC12CCNCC2. The third-order valence-corrected chi connectivity index (χ3v) is 4.21. The molecule has 3 rings (SSSR count). The van der Waals surface area contributed by atoms with Gasteiger partial charge in [0, 0.05) is 12.1 Å². The van der Waals surface area contributed by atoms with E-state index in [1.165, 1.54) is 0 Å². The zero-order valence-electron chi connectivity index (χ0n) is 9.78. The first-order valence-corrected chi connectivity index (χ1v) is 6.18. The second-order valence-corrected chi connectivity index (χ2v) is 5.17. The molecule has 4 nitrogen and oxygen atoms in total. The lowest BCUT2D eigenvalue weighted by atomic mass is 9.89. The zero-order chi connectivity index (χ0) is 11.9. The van der Waals surface area contributed by atoms with Crippen LogP contribution in [-0.2, 0) is 0 Å². The van der Waals surface area contributed by atoms with E-state index in [0.717, 1.165) is 32.4 Å². The lowest BCUT2D eigenvalue weighted by Crippen LogP contribution is -2.30. The number of hydrogen-bond acceptors (Lipinski definition) is 4. The van der Waals surface area contributed by atoms with Gasteiger partial charge in [0.2, 0.25) is 0 Å². The maximum absolute atomic E-state index is 12.4. The Labute approximate surface area is 101 Å². The fourth-order valence-corrected chi connectivity index (χ4v) is 3.01. The van der Waals surface area contributed by atoms with E-state index in [1.807, 2.05) is 0 Å². The number of carbonyl (C=O) groups excluding carboxylic acids is 1. The van der Waals surface area contributed by atoms with Gasteiger partial charge in [-0.1, -0.05) is 0 Å². The Kier molecular flexibility index (Phi) is 2.40. The van der Waals surface area contributed by atoms with Crippen molar-refractivity contribution in [3.05, 3.63) is 23.9 Å². The Hall–Kier alpha value is -1.42. The highest BCUT2D eigenvalue weighted by Crippen LogP contribution is 2.59. The van der Waals surface area contributed by atoms with Gasteiger partial charge in [0.15, 0.2) is 5.78 Å². The number of ketones is 1. The summed E-state index contributed by atoms with van der Waals surface area (Å²) in [4.78, 5) is 16.3. The first-order chi connectivity index (χ1) is 8.23. The van der Waals surface area contributed by atoms with Gasteiger partial charge in [0.25, 0.3) is 0 Å². The summed E-state index contributed by atoms with van der Waals surface area (Å²) in [6.07, 6.45) is 4.88. The normalized spacial score (nSPS) is 25.8. The summed E-state index contributed by atoms with van der Waals surface area (Å²) in [5, 5.41) is 3.34. The van der Waals surface area contributed by atoms with Crippen LogP contribution >= 0.6 is 0 Å². The Morgan fingerprint density at radius 3 is 2.94 bits per heavy atom. The predicted octanol–water partition coefficient (Wildman–Crippen LogP) is 1.24. The molecule has 4 heteroatoms. The van der Waals surface area contributed by atoms with Crippen molar-refractivity contribution in [2.45, 2.75) is 19.3 Å². The second kappa shape index (κ2) is 3.81. The van der Waals surface area contributed by atoms with E-state index in [-0.39, 0.29) is 17.1 Å². The molecule has 3 N–H and O–H groups in total. The Morgan fingerprint density at radius 2 is 2.24 bits per heavy atom. The fourth-order valence-electron chi connectivity index (χ4n) is 3.01. The third-order valence-electron chi connectivity index (χ3n) is 4.21. The molecule has 1 aliphatic carbocycles. The standard InChI is InChI=1S/C13H17N3O/c14-12-9(2-1-5-16-12)11(17)10-8-13(10)3-6-15-7-4-13/h1-2,5,10,15H,3-4,6-8H2,(H2,14,16). The first kappa shape index (κ1) is 10.7. The Morgan fingerprint density at radius 1 is 1.47 bits per heavy atom. The molecular formula is C13H17N3O. The monoisotopic (exact) mass is 231 g/mol. The van der Waals surface area contributed by atoms with Crippen LogP contribution in [0.2, 0.25) is 0 Å². The number of nitrogens with two attached hydrogens (primary N) is 1. The quantitative estimate of drug-likeness (QED) is 0.751. The molecule has 0 amide bonds. The van der Waals surface area contributed by atoms with Crippen molar-refractivity contribution >= 4 is 11.6 Å². The van der Waals surface area contributed by atoms with Gasteiger partial charge in [-0.2, -0.15) is 0 Å². The van der Waals surface area contributed by atoms with Crippen molar-refractivity contribution in [2.24, 2.45) is 11.3 Å². The van der Waals surface area contributed by atoms with Crippen LogP contribution in [0.15, 0.2) is 18.3 Å². The molecule has 0 radical (unpaired) electrons. The van der Waals surface area contributed by atoms with Gasteiger partial charge in [-0.3, -0.25) is 4.79 Å². The third kappa shape index (κ3) is 1.72. The lowest BCUT2D eigenvalue weighted by molar-refractivity contribution is 0.0941. The molecule has 90 valence electrons. The van der Waals surface area contributed by atoms with Gasteiger partial charge in [-0.15, -0.1) is 0 Å². The average molecular weight is 231 g/mol. The molecule has 0 bridgehead atoms. The van der Waals surface area contributed by atoms with Crippen LogP contribution in [0.3, 0.4) is 0 Å². The first-order valence-electron chi connectivity index (χ1n) is 6.18. The molecule has 1 aliphatic heterocycles. The van der Waals surface area contributed by atoms with Gasteiger partial charge < -0.3 is 11.1 Å². The van der Waals surface area contributed by atoms with Gasteiger partial charge in [0.05, 0.1) is 5.56 Å². The van der Waals surface area contributed by atoms with Crippen molar-refractivity contribution < 1.29 is 4.79 Å². The molecule has 1 aromatic rings. The Balaban J connectivity index is 1.79. The van der Waals surface area contributed by atoms with Gasteiger partial charge in [0.1, 0.15) is 5.82 Å². The van der Waals surface area contributed by atoms with E-state index in [9.17, 15) is 4.79 Å². The minimum atomic E-state index is 0.177. The number of hydrogen-bond donors (Lipinski definition) is 2. The molecule has 2 fully saturated rings. The molecule has 2 aliphatic rings. The van der Waals surface area contributed by atoms with Crippen LogP contribution in [0.25, 0.3) is 0 Å². The van der Waals surface area contributed by atoms with Crippen molar-refractivity contribution in [1.82, 2.24) is 10.3 Å². The number of Topliss-reactive ketones (excluding diaryl/α,β-unsaturated/α-hetero) is 1. The smallest absolute Gasteiger partial charge is 0.170 e. The molecule has 1 aromatic heterocycles. The molecule has 1 atom stereocenters. The second-order valence-electron chi connectivity index (χ2n) is 5.17. The molecule has 1 saturated carbocycles. The lowest BCUT2D eigenvalue weighted by Gasteiger charge is -2.23. The number of anilines is 1. The average Bonchev–Trinajstić information content (AvgIpc) is 3.04. The number of rotatable bonds is 2. The van der Waals surface area contributed by atoms with Crippen molar-refractivity contribution in [3.63, 3.8) is 0 Å². The van der Waals surface area contributed by atoms with Crippen LogP contribution in [0.4, 0.5) is 5.82 Å². The number of aromatic nitrogens is 1. The molecule has 1 saturated heterocycles. The number of carbonyl (C=O) groups is 1. The molecule has 17 heavy (non-hydrogen) atoms. The van der Waals surface area contributed by atoms with E-state index in [1.54, 1.807) is 18.3 Å². The molecule has 0 aromatic carbocycles. The van der Waals surface area contributed by atoms with E-state index in [2.05, 4.69) is 10.3 Å². The molecule has 1 unspecified atom stereocenters. The molecule has 1 spiro atoms. The fraction of sp³-hybridized carbons (Fsp3) is 0.538. The highest BCUT2D eigenvalue weighted by molar-refractivity contribution is 6.03. The molecule has 2 heterocycles. The minimum Gasteiger partial charge on any atom is -0.383 e. The van der Waals surface area contributed by atoms with E-state index < -0.39 is 0 Å². The zero-order valence-corrected chi connectivity index (χ0v) is 9.78. The van der Waals surface area contributed by atoms with Crippen molar-refractivity contribution in [3.8, 4) is 0 Å². The summed E-state index contributed by atoms with van der Waals surface area (Å²) in [5.74, 6) is 0.738. The highest BCUT2D eigenvalue weighted by atomic mass is 16.1. The summed E-state index contributed by atoms with van der Waals surface area (Å²) >= 11 is 0. The Bertz CT molecular complexity index is 452. The molecular weight excluding hydrogens is 214 g/mol. The van der Waals surface area contributed by atoms with E-state index >= 15 is 0 Å². The minimum absolute atomic E-state index is 0.177. The van der Waals surface area contributed by atoms with Crippen LogP contribution in [0, 0.1) is 11.3 Å². The largest absolute Gasteiger partial charge is 0.383 e. The van der Waals surface area contributed by atoms with Crippen molar-refractivity contribution in [1.29, 1.82) is 0 Å². The predicted molar refractivity (Wildman–Crippen MR) is 65.6 cm³/mol. The number of nitrogens with zero attached hydrogens (tertiary/aromatic N) is 1. The number of nitrogens with one attached hydrogen (secondary N) is 1. The van der Waals surface area contributed by atoms with Gasteiger partial charge in [-0.05, 0) is 49.9 Å². The summed E-state index contributed by atoms with van der Waals surface area (Å²) in [6, 6.07) is 3.57. The summed E-state index contributed by atoms with van der Waals surface area (Å²) in [6.45, 7) is 2.07.